The van der Waals surface area contributed by atoms with Gasteiger partial charge in [0.2, 0.25) is 17.7 Å². The summed E-state index contributed by atoms with van der Waals surface area (Å²) in [7, 11) is 0. The molecular formula is C21H25N5O3S. The predicted octanol–water partition coefficient (Wildman–Crippen LogP) is 1.75. The minimum absolute atomic E-state index is 0.0314. The first-order chi connectivity index (χ1) is 14.5. The van der Waals surface area contributed by atoms with Gasteiger partial charge in [0.15, 0.2) is 0 Å². The average Bonchev–Trinajstić information content (AvgIpc) is 3.31. The number of nitrogens with one attached hydrogen (secondary N) is 1. The summed E-state index contributed by atoms with van der Waals surface area (Å²) >= 11 is 1.45. The van der Waals surface area contributed by atoms with Crippen molar-refractivity contribution in [2.24, 2.45) is 0 Å². The maximum atomic E-state index is 12.6. The molecule has 0 aliphatic carbocycles. The standard InChI is InChI=1S/C21H25N5O3S/c1-15-20-21(26(23-15)16-7-3-2-4-8-16)30-14-19(29)25(20)13-17(27)22-10-6-12-24-11-5-9-18(24)28/h2-4,7-8H,5-6,9-14H2,1H3,(H,22,27). The third kappa shape index (κ3) is 4.21. The lowest BCUT2D eigenvalue weighted by Gasteiger charge is -2.27. The van der Waals surface area contributed by atoms with Crippen molar-refractivity contribution in [3.8, 4) is 5.69 Å². The van der Waals surface area contributed by atoms with E-state index < -0.39 is 0 Å². The molecule has 1 aromatic heterocycles. The molecule has 0 saturated carbocycles. The van der Waals surface area contributed by atoms with E-state index in [-0.39, 0.29) is 30.0 Å². The van der Waals surface area contributed by atoms with Gasteiger partial charge in [-0.25, -0.2) is 4.68 Å². The molecule has 1 saturated heterocycles. The van der Waals surface area contributed by atoms with Gasteiger partial charge in [0, 0.05) is 26.1 Å². The SMILES string of the molecule is Cc1nn(-c2ccccc2)c2c1N(CC(=O)NCCCN1CCCC1=O)C(=O)CS2. The van der Waals surface area contributed by atoms with Crippen molar-refractivity contribution in [3.63, 3.8) is 0 Å². The van der Waals surface area contributed by atoms with Crippen LogP contribution >= 0.6 is 11.8 Å². The number of aromatic nitrogens is 2. The number of para-hydroxylation sites is 1. The normalized spacial score (nSPS) is 16.2. The Bertz CT molecular complexity index is 959. The fraction of sp³-hybridized carbons (Fsp3) is 0.429. The molecule has 1 N–H and O–H groups in total. The van der Waals surface area contributed by atoms with Gasteiger partial charge in [0.05, 0.1) is 22.8 Å². The fourth-order valence-electron chi connectivity index (χ4n) is 3.82. The Morgan fingerprint density at radius 2 is 2.00 bits per heavy atom. The molecule has 2 aliphatic rings. The minimum Gasteiger partial charge on any atom is -0.354 e. The maximum Gasteiger partial charge on any atom is 0.240 e. The Labute approximate surface area is 179 Å². The number of hydrogen-bond acceptors (Lipinski definition) is 5. The molecule has 1 fully saturated rings. The topological polar surface area (TPSA) is 87.5 Å². The number of thioether (sulfide) groups is 1. The summed E-state index contributed by atoms with van der Waals surface area (Å²) in [4.78, 5) is 40.1. The summed E-state index contributed by atoms with van der Waals surface area (Å²) in [5.74, 6) is 0.160. The van der Waals surface area contributed by atoms with Crippen molar-refractivity contribution in [1.29, 1.82) is 0 Å². The minimum atomic E-state index is -0.208. The molecule has 0 spiro atoms. The van der Waals surface area contributed by atoms with Crippen molar-refractivity contribution >= 4 is 35.2 Å². The molecule has 2 aromatic rings. The largest absolute Gasteiger partial charge is 0.354 e. The maximum absolute atomic E-state index is 12.6. The van der Waals surface area contributed by atoms with E-state index in [4.69, 9.17) is 0 Å². The van der Waals surface area contributed by atoms with Crippen LogP contribution in [0.15, 0.2) is 35.4 Å². The van der Waals surface area contributed by atoms with Crippen LogP contribution in [0.25, 0.3) is 5.69 Å². The van der Waals surface area contributed by atoms with E-state index in [1.165, 1.54) is 16.7 Å². The van der Waals surface area contributed by atoms with Gasteiger partial charge in [0.1, 0.15) is 11.6 Å². The van der Waals surface area contributed by atoms with Crippen LogP contribution in [0.5, 0.6) is 0 Å². The second-order valence-corrected chi connectivity index (χ2v) is 8.41. The summed E-state index contributed by atoms with van der Waals surface area (Å²) in [6.45, 7) is 3.77. The summed E-state index contributed by atoms with van der Waals surface area (Å²) < 4.78 is 1.83. The van der Waals surface area contributed by atoms with Crippen molar-refractivity contribution in [1.82, 2.24) is 20.0 Å². The van der Waals surface area contributed by atoms with Crippen LogP contribution in [-0.4, -0.2) is 64.3 Å². The Morgan fingerprint density at radius 3 is 2.73 bits per heavy atom. The Morgan fingerprint density at radius 1 is 1.20 bits per heavy atom. The van der Waals surface area contributed by atoms with Crippen LogP contribution in [-0.2, 0) is 14.4 Å². The number of likely N-dealkylation sites (tertiary alicyclic amines) is 1. The quantitative estimate of drug-likeness (QED) is 0.681. The van der Waals surface area contributed by atoms with Gasteiger partial charge in [-0.1, -0.05) is 30.0 Å². The number of benzene rings is 1. The molecule has 0 atom stereocenters. The van der Waals surface area contributed by atoms with Crippen LogP contribution in [0.2, 0.25) is 0 Å². The Kier molecular flexibility index (Phi) is 6.08. The first kappa shape index (κ1) is 20.5. The van der Waals surface area contributed by atoms with E-state index in [1.54, 1.807) is 0 Å². The number of carbonyl (C=O) groups is 3. The molecule has 0 radical (unpaired) electrons. The molecule has 0 bridgehead atoms. The van der Waals surface area contributed by atoms with Crippen molar-refractivity contribution in [3.05, 3.63) is 36.0 Å². The highest BCUT2D eigenvalue weighted by Crippen LogP contribution is 2.39. The lowest BCUT2D eigenvalue weighted by Crippen LogP contribution is -2.44. The molecule has 30 heavy (non-hydrogen) atoms. The second kappa shape index (κ2) is 8.91. The first-order valence-electron chi connectivity index (χ1n) is 10.2. The van der Waals surface area contributed by atoms with Crippen LogP contribution in [0.4, 0.5) is 5.69 Å². The second-order valence-electron chi connectivity index (χ2n) is 7.44. The highest BCUT2D eigenvalue weighted by molar-refractivity contribution is 8.00. The third-order valence-electron chi connectivity index (χ3n) is 5.29. The van der Waals surface area contributed by atoms with Gasteiger partial charge >= 0.3 is 0 Å². The number of aryl methyl sites for hydroxylation is 1. The van der Waals surface area contributed by atoms with E-state index in [2.05, 4.69) is 10.4 Å². The van der Waals surface area contributed by atoms with Crippen molar-refractivity contribution in [2.75, 3.05) is 36.8 Å². The van der Waals surface area contributed by atoms with Crippen LogP contribution in [0.3, 0.4) is 0 Å². The van der Waals surface area contributed by atoms with Gasteiger partial charge in [-0.05, 0) is 31.9 Å². The smallest absolute Gasteiger partial charge is 0.240 e. The van der Waals surface area contributed by atoms with Crippen LogP contribution in [0.1, 0.15) is 25.0 Å². The molecule has 9 heteroatoms. The Hall–Kier alpha value is -2.81. The van der Waals surface area contributed by atoms with Crippen LogP contribution in [0, 0.1) is 6.92 Å². The summed E-state index contributed by atoms with van der Waals surface area (Å²) in [5, 5.41) is 8.36. The molecule has 1 aromatic carbocycles. The molecule has 0 unspecified atom stereocenters. The third-order valence-corrected chi connectivity index (χ3v) is 6.32. The number of amides is 3. The number of fused-ring (bicyclic) bond motifs is 1. The highest BCUT2D eigenvalue weighted by atomic mass is 32.2. The average molecular weight is 428 g/mol. The number of hydrogen-bond donors (Lipinski definition) is 1. The van der Waals surface area contributed by atoms with Crippen molar-refractivity contribution < 1.29 is 14.4 Å². The number of carbonyl (C=O) groups excluding carboxylic acids is 3. The highest BCUT2D eigenvalue weighted by Gasteiger charge is 2.32. The van der Waals surface area contributed by atoms with Gasteiger partial charge in [-0.3, -0.25) is 19.3 Å². The van der Waals surface area contributed by atoms with Crippen LogP contribution < -0.4 is 10.2 Å². The molecule has 8 nitrogen and oxygen atoms in total. The molecule has 2 aliphatic heterocycles. The number of rotatable bonds is 7. The number of anilines is 1. The molecule has 3 amide bonds. The lowest BCUT2D eigenvalue weighted by molar-refractivity contribution is -0.127. The van der Waals surface area contributed by atoms with Crippen molar-refractivity contribution in [2.45, 2.75) is 31.2 Å². The monoisotopic (exact) mass is 427 g/mol. The summed E-state index contributed by atoms with van der Waals surface area (Å²) in [6.07, 6.45) is 2.25. The van der Waals surface area contributed by atoms with E-state index >= 15 is 0 Å². The predicted molar refractivity (Wildman–Crippen MR) is 115 cm³/mol. The van der Waals surface area contributed by atoms with Gasteiger partial charge in [-0.2, -0.15) is 5.10 Å². The first-order valence-corrected chi connectivity index (χ1v) is 11.2. The van der Waals surface area contributed by atoms with Gasteiger partial charge in [0.25, 0.3) is 0 Å². The molecule has 3 heterocycles. The van der Waals surface area contributed by atoms with E-state index in [0.29, 0.717) is 31.6 Å². The van der Waals surface area contributed by atoms with Gasteiger partial charge < -0.3 is 10.2 Å². The van der Waals surface area contributed by atoms with E-state index in [0.717, 1.165) is 29.4 Å². The fourth-order valence-corrected chi connectivity index (χ4v) is 4.90. The zero-order valence-electron chi connectivity index (χ0n) is 17.0. The van der Waals surface area contributed by atoms with Gasteiger partial charge in [-0.15, -0.1) is 0 Å². The lowest BCUT2D eigenvalue weighted by atomic mass is 10.3. The molecule has 4 rings (SSSR count). The summed E-state index contributed by atoms with van der Waals surface area (Å²) in [5.41, 5.74) is 2.34. The Balaban J connectivity index is 1.40. The zero-order chi connectivity index (χ0) is 21.1. The number of nitrogens with zero attached hydrogens (tertiary/aromatic N) is 4. The van der Waals surface area contributed by atoms with E-state index in [1.807, 2.05) is 46.8 Å². The molecular weight excluding hydrogens is 402 g/mol. The van der Waals surface area contributed by atoms with E-state index in [9.17, 15) is 14.4 Å². The molecule has 158 valence electrons. The summed E-state index contributed by atoms with van der Waals surface area (Å²) in [6, 6.07) is 9.76. The zero-order valence-corrected chi connectivity index (χ0v) is 17.8.